The van der Waals surface area contributed by atoms with Crippen molar-refractivity contribution in [2.24, 2.45) is 0 Å². The Morgan fingerprint density at radius 1 is 1.04 bits per heavy atom. The number of piperazine rings is 1. The van der Waals surface area contributed by atoms with Gasteiger partial charge in [0, 0.05) is 5.69 Å². The van der Waals surface area contributed by atoms with Crippen LogP contribution in [0.25, 0.3) is 10.2 Å². The molecule has 1 fully saturated rings. The topological polar surface area (TPSA) is 50.9 Å². The number of nitrogens with zero attached hydrogens (tertiary/aromatic N) is 1. The van der Waals surface area contributed by atoms with E-state index < -0.39 is 0 Å². The maximum absolute atomic E-state index is 12.4. The number of quaternary nitrogens is 2. The fraction of sp³-hybridized carbons (Fsp3) is 0.364. The minimum absolute atomic E-state index is 0.106. The quantitative estimate of drug-likeness (QED) is 0.599. The second-order valence-corrected chi connectivity index (χ2v) is 8.97. The summed E-state index contributed by atoms with van der Waals surface area (Å²) in [4.78, 5) is 20.1. The van der Waals surface area contributed by atoms with Gasteiger partial charge in [0.15, 0.2) is 6.54 Å². The average molecular weight is 397 g/mol. The third-order valence-electron chi connectivity index (χ3n) is 5.32. The van der Waals surface area contributed by atoms with Gasteiger partial charge >= 0.3 is 0 Å². The predicted molar refractivity (Wildman–Crippen MR) is 114 cm³/mol. The molecule has 6 heteroatoms. The summed E-state index contributed by atoms with van der Waals surface area (Å²) in [7, 11) is 0. The van der Waals surface area contributed by atoms with Gasteiger partial charge in [-0.15, -0.1) is 11.3 Å². The van der Waals surface area contributed by atoms with Crippen LogP contribution >= 0.6 is 11.3 Å². The Balaban J connectivity index is 1.26. The van der Waals surface area contributed by atoms with E-state index in [4.69, 9.17) is 4.98 Å². The monoisotopic (exact) mass is 396 g/mol. The number of rotatable bonds is 5. The van der Waals surface area contributed by atoms with Crippen molar-refractivity contribution in [2.45, 2.75) is 20.4 Å². The van der Waals surface area contributed by atoms with Gasteiger partial charge in [-0.1, -0.05) is 18.2 Å². The van der Waals surface area contributed by atoms with E-state index in [1.165, 1.54) is 25.7 Å². The zero-order chi connectivity index (χ0) is 19.5. The van der Waals surface area contributed by atoms with E-state index in [1.54, 1.807) is 16.2 Å². The number of carbonyl (C=O) groups is 1. The SMILES string of the molecule is Cc1cc(C)cc(NC(=O)C[NH+]2CC[NH+](Cc3nc4ccccc4s3)CC2)c1. The third kappa shape index (κ3) is 4.76. The Morgan fingerprint density at radius 2 is 1.71 bits per heavy atom. The number of benzene rings is 2. The van der Waals surface area contributed by atoms with Gasteiger partial charge in [0.2, 0.25) is 0 Å². The van der Waals surface area contributed by atoms with Gasteiger partial charge < -0.3 is 15.1 Å². The highest BCUT2D eigenvalue weighted by atomic mass is 32.1. The fourth-order valence-electron chi connectivity index (χ4n) is 4.00. The lowest BCUT2D eigenvalue weighted by Gasteiger charge is -2.28. The summed E-state index contributed by atoms with van der Waals surface area (Å²) >= 11 is 1.80. The highest BCUT2D eigenvalue weighted by molar-refractivity contribution is 7.18. The van der Waals surface area contributed by atoms with E-state index >= 15 is 0 Å². The summed E-state index contributed by atoms with van der Waals surface area (Å²) < 4.78 is 1.27. The number of hydrogen-bond donors (Lipinski definition) is 3. The molecule has 146 valence electrons. The summed E-state index contributed by atoms with van der Waals surface area (Å²) in [5.41, 5.74) is 4.36. The number of aryl methyl sites for hydroxylation is 2. The molecule has 3 N–H and O–H groups in total. The van der Waals surface area contributed by atoms with Gasteiger partial charge in [0.05, 0.1) is 10.2 Å². The smallest absolute Gasteiger partial charge is 0.279 e. The van der Waals surface area contributed by atoms with Gasteiger partial charge in [0.25, 0.3) is 5.91 Å². The molecule has 28 heavy (non-hydrogen) atoms. The summed E-state index contributed by atoms with van der Waals surface area (Å²) in [6, 6.07) is 14.5. The van der Waals surface area contributed by atoms with Crippen molar-refractivity contribution in [1.29, 1.82) is 0 Å². The molecular weight excluding hydrogens is 368 g/mol. The zero-order valence-corrected chi connectivity index (χ0v) is 17.4. The maximum Gasteiger partial charge on any atom is 0.279 e. The molecule has 5 nitrogen and oxygen atoms in total. The first-order valence-corrected chi connectivity index (χ1v) is 10.8. The second-order valence-electron chi connectivity index (χ2n) is 7.85. The number of carbonyl (C=O) groups excluding carboxylic acids is 1. The predicted octanol–water partition coefficient (Wildman–Crippen LogP) is 0.835. The Labute approximate surface area is 170 Å². The largest absolute Gasteiger partial charge is 0.321 e. The van der Waals surface area contributed by atoms with Crippen LogP contribution in [0.2, 0.25) is 0 Å². The van der Waals surface area contributed by atoms with Crippen molar-refractivity contribution in [1.82, 2.24) is 4.98 Å². The lowest BCUT2D eigenvalue weighted by molar-refractivity contribution is -1.01. The summed E-state index contributed by atoms with van der Waals surface area (Å²) in [6.45, 7) is 9.87. The zero-order valence-electron chi connectivity index (χ0n) is 16.5. The Morgan fingerprint density at radius 3 is 2.43 bits per heavy atom. The number of thiazole rings is 1. The first-order valence-electron chi connectivity index (χ1n) is 9.95. The number of nitrogens with one attached hydrogen (secondary N) is 3. The van der Waals surface area contributed by atoms with Gasteiger partial charge in [-0.05, 0) is 49.2 Å². The number of hydrogen-bond acceptors (Lipinski definition) is 3. The molecule has 1 aromatic heterocycles. The van der Waals surface area contributed by atoms with Crippen molar-refractivity contribution in [3.63, 3.8) is 0 Å². The van der Waals surface area contributed by atoms with Crippen LogP contribution in [0.1, 0.15) is 16.1 Å². The third-order valence-corrected chi connectivity index (χ3v) is 6.36. The van der Waals surface area contributed by atoms with Crippen LogP contribution in [0.3, 0.4) is 0 Å². The van der Waals surface area contributed by atoms with Crippen LogP contribution in [0, 0.1) is 13.8 Å². The summed E-state index contributed by atoms with van der Waals surface area (Å²) in [5, 5.41) is 4.28. The first-order chi connectivity index (χ1) is 13.5. The number of para-hydroxylation sites is 1. The standard InChI is InChI=1S/C22H26N4OS/c1-16-11-17(2)13-18(12-16)23-21(27)14-25-7-9-26(10-8-25)15-22-24-19-5-3-4-6-20(19)28-22/h3-6,11-13H,7-10,14-15H2,1-2H3,(H,23,27)/p+2. The highest BCUT2D eigenvalue weighted by Gasteiger charge is 2.25. The van der Waals surface area contributed by atoms with Gasteiger partial charge in [-0.3, -0.25) is 4.79 Å². The Kier molecular flexibility index (Phi) is 5.71. The summed E-state index contributed by atoms with van der Waals surface area (Å²) in [6.07, 6.45) is 0. The number of amides is 1. The molecule has 1 saturated heterocycles. The van der Waals surface area contributed by atoms with Gasteiger partial charge in [-0.2, -0.15) is 0 Å². The minimum Gasteiger partial charge on any atom is -0.321 e. The molecule has 2 heterocycles. The Hall–Kier alpha value is -2.28. The maximum atomic E-state index is 12.4. The molecule has 0 aliphatic carbocycles. The van der Waals surface area contributed by atoms with Crippen molar-refractivity contribution in [3.8, 4) is 0 Å². The second kappa shape index (κ2) is 8.39. The van der Waals surface area contributed by atoms with Crippen LogP contribution in [0.5, 0.6) is 0 Å². The fourth-order valence-corrected chi connectivity index (χ4v) is 5.04. The molecule has 0 spiro atoms. The van der Waals surface area contributed by atoms with Crippen LogP contribution < -0.4 is 15.1 Å². The van der Waals surface area contributed by atoms with Crippen molar-refractivity contribution in [3.05, 3.63) is 58.6 Å². The number of fused-ring (bicyclic) bond motifs is 1. The normalized spacial score (nSPS) is 19.6. The van der Waals surface area contributed by atoms with Crippen molar-refractivity contribution in [2.75, 3.05) is 38.0 Å². The van der Waals surface area contributed by atoms with Crippen LogP contribution in [-0.4, -0.2) is 43.6 Å². The lowest BCUT2D eigenvalue weighted by Crippen LogP contribution is -3.28. The molecule has 2 aromatic carbocycles. The molecule has 0 atom stereocenters. The van der Waals surface area contributed by atoms with E-state index in [2.05, 4.69) is 43.4 Å². The molecule has 3 aromatic rings. The highest BCUT2D eigenvalue weighted by Crippen LogP contribution is 2.20. The Bertz CT molecular complexity index is 922. The van der Waals surface area contributed by atoms with Crippen molar-refractivity contribution < 1.29 is 14.6 Å². The van der Waals surface area contributed by atoms with E-state index in [0.717, 1.165) is 43.9 Å². The van der Waals surface area contributed by atoms with Crippen LogP contribution in [0.4, 0.5) is 5.69 Å². The van der Waals surface area contributed by atoms with Crippen molar-refractivity contribution >= 4 is 33.1 Å². The molecule has 1 aliphatic rings. The number of anilines is 1. The molecule has 4 rings (SSSR count). The number of aromatic nitrogens is 1. The average Bonchev–Trinajstić information content (AvgIpc) is 3.04. The van der Waals surface area contributed by atoms with E-state index in [9.17, 15) is 4.79 Å². The van der Waals surface area contributed by atoms with Crippen LogP contribution in [0.15, 0.2) is 42.5 Å². The molecule has 0 unspecified atom stereocenters. The minimum atomic E-state index is 0.106. The van der Waals surface area contributed by atoms with E-state index in [-0.39, 0.29) is 5.91 Å². The van der Waals surface area contributed by atoms with E-state index in [0.29, 0.717) is 6.54 Å². The van der Waals surface area contributed by atoms with E-state index in [1.807, 2.05) is 18.2 Å². The first kappa shape index (κ1) is 19.1. The lowest BCUT2D eigenvalue weighted by atomic mass is 10.1. The van der Waals surface area contributed by atoms with Gasteiger partial charge in [-0.25, -0.2) is 4.98 Å². The molecule has 0 bridgehead atoms. The molecule has 1 aliphatic heterocycles. The summed E-state index contributed by atoms with van der Waals surface area (Å²) in [5.74, 6) is 0.106. The molecule has 0 saturated carbocycles. The molecule has 1 amide bonds. The van der Waals surface area contributed by atoms with Crippen LogP contribution in [-0.2, 0) is 11.3 Å². The molecule has 0 radical (unpaired) electrons. The molecular formula is C22H28N4OS+2. The van der Waals surface area contributed by atoms with Gasteiger partial charge in [0.1, 0.15) is 37.7 Å².